The summed E-state index contributed by atoms with van der Waals surface area (Å²) >= 11 is 5.81. The second-order valence-corrected chi connectivity index (χ2v) is 3.91. The Bertz CT molecular complexity index is 272. The van der Waals surface area contributed by atoms with Gasteiger partial charge in [0.2, 0.25) is 0 Å². The molecule has 16 heavy (non-hydrogen) atoms. The Morgan fingerprint density at radius 3 is 2.31 bits per heavy atom. The molecule has 0 aliphatic heterocycles. The van der Waals surface area contributed by atoms with Crippen molar-refractivity contribution in [1.29, 1.82) is 0 Å². The number of halogens is 1. The Morgan fingerprint density at radius 2 is 1.94 bits per heavy atom. The molecule has 92 valence electrons. The van der Waals surface area contributed by atoms with Gasteiger partial charge in [-0.1, -0.05) is 24.3 Å². The highest BCUT2D eigenvalue weighted by Gasteiger charge is 2.10. The molecule has 3 nitrogen and oxygen atoms in total. The molecular weight excluding hydrogens is 224 g/mol. The van der Waals surface area contributed by atoms with Gasteiger partial charge in [-0.3, -0.25) is 0 Å². The lowest BCUT2D eigenvalue weighted by Crippen LogP contribution is -2.29. The molecule has 0 atom stereocenters. The number of methoxy groups -OCH3 is 1. The highest BCUT2D eigenvalue weighted by Crippen LogP contribution is 2.15. The zero-order valence-electron chi connectivity index (χ0n) is 10.5. The lowest BCUT2D eigenvalue weighted by Gasteiger charge is -2.24. The van der Waals surface area contributed by atoms with Crippen LogP contribution in [0.3, 0.4) is 0 Å². The smallest absolute Gasteiger partial charge is 0.143 e. The molecule has 0 saturated carbocycles. The molecule has 0 N–H and O–H groups in total. The van der Waals surface area contributed by atoms with Crippen LogP contribution in [0.1, 0.15) is 0 Å². The molecule has 0 bridgehead atoms. The van der Waals surface area contributed by atoms with Gasteiger partial charge >= 0.3 is 0 Å². The molecule has 0 radical (unpaired) electrons. The number of ether oxygens (including phenoxy) is 1. The van der Waals surface area contributed by atoms with Crippen LogP contribution in [-0.2, 0) is 4.74 Å². The van der Waals surface area contributed by atoms with Gasteiger partial charge < -0.3 is 14.5 Å². The Morgan fingerprint density at radius 1 is 1.31 bits per heavy atom. The minimum atomic E-state index is 0.714. The van der Waals surface area contributed by atoms with E-state index in [1.54, 1.807) is 19.3 Å². The molecule has 0 aromatic rings. The third-order valence-electron chi connectivity index (χ3n) is 2.14. The molecular formula is C12H21ClN2O. The first-order chi connectivity index (χ1) is 7.56. The van der Waals surface area contributed by atoms with Crippen LogP contribution < -0.4 is 0 Å². The van der Waals surface area contributed by atoms with E-state index in [9.17, 15) is 0 Å². The van der Waals surface area contributed by atoms with Crippen LogP contribution in [0.25, 0.3) is 0 Å². The van der Waals surface area contributed by atoms with Crippen LogP contribution in [0, 0.1) is 0 Å². The van der Waals surface area contributed by atoms with E-state index in [2.05, 4.69) is 11.5 Å². The van der Waals surface area contributed by atoms with Crippen molar-refractivity contribution >= 4 is 11.6 Å². The SMILES string of the molecule is C=C/C=C(OC)\C(=C\Cl)N(C)CCN(C)C. The van der Waals surface area contributed by atoms with E-state index in [0.717, 1.165) is 18.8 Å². The zero-order valence-corrected chi connectivity index (χ0v) is 11.3. The fourth-order valence-electron chi connectivity index (χ4n) is 1.16. The van der Waals surface area contributed by atoms with Crippen LogP contribution in [0.2, 0.25) is 0 Å². The maximum absolute atomic E-state index is 5.81. The molecule has 4 heteroatoms. The van der Waals surface area contributed by atoms with Gasteiger partial charge in [0.1, 0.15) is 5.76 Å². The molecule has 0 rings (SSSR count). The van der Waals surface area contributed by atoms with E-state index >= 15 is 0 Å². The molecule has 0 unspecified atom stereocenters. The average Bonchev–Trinajstić information content (AvgIpc) is 2.26. The van der Waals surface area contributed by atoms with E-state index < -0.39 is 0 Å². The number of rotatable bonds is 7. The van der Waals surface area contributed by atoms with Gasteiger partial charge in [-0.2, -0.15) is 0 Å². The van der Waals surface area contributed by atoms with E-state index in [1.807, 2.05) is 26.0 Å². The van der Waals surface area contributed by atoms with Crippen LogP contribution in [0.15, 0.2) is 35.7 Å². The summed E-state index contributed by atoms with van der Waals surface area (Å²) in [7, 11) is 7.67. The first-order valence-electron chi connectivity index (χ1n) is 5.10. The predicted octanol–water partition coefficient (Wildman–Crippen LogP) is 2.28. The maximum atomic E-state index is 5.81. The van der Waals surface area contributed by atoms with Gasteiger partial charge in [0, 0.05) is 25.7 Å². The average molecular weight is 245 g/mol. The monoisotopic (exact) mass is 244 g/mol. The Hall–Kier alpha value is -0.930. The largest absolute Gasteiger partial charge is 0.495 e. The first kappa shape index (κ1) is 15.1. The minimum absolute atomic E-state index is 0.714. The third-order valence-corrected chi connectivity index (χ3v) is 2.35. The van der Waals surface area contributed by atoms with Crippen LogP contribution in [-0.4, -0.2) is 51.1 Å². The minimum Gasteiger partial charge on any atom is -0.495 e. The van der Waals surface area contributed by atoms with E-state index in [0.29, 0.717) is 5.76 Å². The Kier molecular flexibility index (Phi) is 7.77. The molecule has 0 aromatic carbocycles. The lowest BCUT2D eigenvalue weighted by molar-refractivity contribution is 0.260. The summed E-state index contributed by atoms with van der Waals surface area (Å²) in [5, 5.41) is 0. The summed E-state index contributed by atoms with van der Waals surface area (Å²) in [6, 6.07) is 0. The Balaban J connectivity index is 4.60. The molecule has 0 aromatic heterocycles. The van der Waals surface area contributed by atoms with Gasteiger partial charge in [-0.25, -0.2) is 0 Å². The predicted molar refractivity (Wildman–Crippen MR) is 70.4 cm³/mol. The molecule has 0 spiro atoms. The number of likely N-dealkylation sites (N-methyl/N-ethyl adjacent to an activating group) is 2. The van der Waals surface area contributed by atoms with E-state index in [1.165, 1.54) is 5.54 Å². The van der Waals surface area contributed by atoms with Gasteiger partial charge in [0.15, 0.2) is 0 Å². The van der Waals surface area contributed by atoms with Gasteiger partial charge in [0.05, 0.1) is 12.8 Å². The number of allylic oxidation sites excluding steroid dienone is 2. The van der Waals surface area contributed by atoms with Crippen molar-refractivity contribution in [1.82, 2.24) is 9.80 Å². The topological polar surface area (TPSA) is 15.7 Å². The lowest BCUT2D eigenvalue weighted by atomic mass is 10.3. The second-order valence-electron chi connectivity index (χ2n) is 3.69. The van der Waals surface area contributed by atoms with Crippen molar-refractivity contribution in [2.75, 3.05) is 41.3 Å². The summed E-state index contributed by atoms with van der Waals surface area (Å²) in [5.41, 5.74) is 2.38. The molecule has 0 aliphatic carbocycles. The highest BCUT2D eigenvalue weighted by molar-refractivity contribution is 6.25. The third kappa shape index (κ3) is 5.24. The number of hydrogen-bond acceptors (Lipinski definition) is 3. The molecule has 0 aliphatic rings. The van der Waals surface area contributed by atoms with Gasteiger partial charge in [-0.05, 0) is 20.2 Å². The number of nitrogens with zero attached hydrogens (tertiary/aromatic N) is 2. The molecule has 0 fully saturated rings. The second kappa shape index (κ2) is 8.25. The summed E-state index contributed by atoms with van der Waals surface area (Å²) in [5.74, 6) is 0.714. The fourth-order valence-corrected chi connectivity index (χ4v) is 1.43. The van der Waals surface area contributed by atoms with E-state index in [-0.39, 0.29) is 0 Å². The normalized spacial score (nSPS) is 12.9. The fraction of sp³-hybridized carbons (Fsp3) is 0.500. The molecule has 0 saturated heterocycles. The molecule has 0 heterocycles. The van der Waals surface area contributed by atoms with Crippen molar-refractivity contribution in [2.45, 2.75) is 0 Å². The molecule has 0 amide bonds. The highest BCUT2D eigenvalue weighted by atomic mass is 35.5. The van der Waals surface area contributed by atoms with Crippen molar-refractivity contribution < 1.29 is 4.74 Å². The summed E-state index contributed by atoms with van der Waals surface area (Å²) < 4.78 is 5.25. The quantitative estimate of drug-likeness (QED) is 0.505. The van der Waals surface area contributed by atoms with Crippen LogP contribution in [0.5, 0.6) is 0 Å². The van der Waals surface area contributed by atoms with Crippen molar-refractivity contribution in [3.8, 4) is 0 Å². The maximum Gasteiger partial charge on any atom is 0.143 e. The summed E-state index contributed by atoms with van der Waals surface area (Å²) in [6.07, 6.45) is 3.47. The first-order valence-corrected chi connectivity index (χ1v) is 5.53. The summed E-state index contributed by atoms with van der Waals surface area (Å²) in [4.78, 5) is 4.16. The standard InChI is InChI=1S/C12H21ClN2O/c1-6-7-12(16-5)11(10-13)15(4)9-8-14(2)3/h6-7,10H,1,8-9H2,2-5H3/b11-10-,12-7+. The van der Waals surface area contributed by atoms with Crippen LogP contribution >= 0.6 is 11.6 Å². The van der Waals surface area contributed by atoms with Gasteiger partial charge in [0.25, 0.3) is 0 Å². The van der Waals surface area contributed by atoms with Crippen molar-refractivity contribution in [3.63, 3.8) is 0 Å². The van der Waals surface area contributed by atoms with Crippen LogP contribution in [0.4, 0.5) is 0 Å². The van der Waals surface area contributed by atoms with E-state index in [4.69, 9.17) is 16.3 Å². The Labute approximate surface area is 104 Å². The number of hydrogen-bond donors (Lipinski definition) is 0. The summed E-state index contributed by atoms with van der Waals surface area (Å²) in [6.45, 7) is 5.48. The zero-order chi connectivity index (χ0) is 12.6. The van der Waals surface area contributed by atoms with Crippen molar-refractivity contribution in [3.05, 3.63) is 35.7 Å². The van der Waals surface area contributed by atoms with Gasteiger partial charge in [-0.15, -0.1) is 0 Å². The van der Waals surface area contributed by atoms with Crippen molar-refractivity contribution in [2.24, 2.45) is 0 Å².